The molecule has 4 N–H and O–H groups in total. The Morgan fingerprint density at radius 2 is 1.83 bits per heavy atom. The highest BCUT2D eigenvalue weighted by Gasteiger charge is 2.18. The molecule has 5 aromatic heterocycles. The van der Waals surface area contributed by atoms with Gasteiger partial charge in [0.1, 0.15) is 11.2 Å². The molecule has 5 rings (SSSR count). The zero-order valence-electron chi connectivity index (χ0n) is 19.4. The molecule has 0 saturated carbocycles. The summed E-state index contributed by atoms with van der Waals surface area (Å²) in [6.45, 7) is 3.99. The predicted octanol–water partition coefficient (Wildman–Crippen LogP) is 3.30. The van der Waals surface area contributed by atoms with Crippen LogP contribution >= 0.6 is 0 Å². The smallest absolute Gasteiger partial charge is 0.254 e. The lowest BCUT2D eigenvalue weighted by molar-refractivity contribution is -0.116. The fourth-order valence-electron chi connectivity index (χ4n) is 3.84. The number of aromatic amines is 2. The van der Waals surface area contributed by atoms with E-state index in [1.807, 2.05) is 26.0 Å². The molecule has 35 heavy (non-hydrogen) atoms. The quantitative estimate of drug-likeness (QED) is 0.297. The SMILES string of the molecule is CNC(=O)c1cncc2[nH]c(-c3[nH]nc4ncc(-c5cncc(NC(=O)CC(C)C)c5)cc34)nc12. The number of carbonyl (C=O) groups excluding carboxylic acids is 2. The Morgan fingerprint density at radius 3 is 2.63 bits per heavy atom. The van der Waals surface area contributed by atoms with Crippen LogP contribution in [-0.2, 0) is 4.79 Å². The number of anilines is 1. The zero-order chi connectivity index (χ0) is 24.5. The first-order valence-corrected chi connectivity index (χ1v) is 11.1. The van der Waals surface area contributed by atoms with Gasteiger partial charge in [-0.2, -0.15) is 5.10 Å². The number of aromatic nitrogens is 7. The third kappa shape index (κ3) is 4.31. The largest absolute Gasteiger partial charge is 0.355 e. The number of nitrogens with zero attached hydrogens (tertiary/aromatic N) is 5. The maximum Gasteiger partial charge on any atom is 0.254 e. The van der Waals surface area contributed by atoms with Crippen molar-refractivity contribution in [3.63, 3.8) is 0 Å². The standard InChI is InChI=1S/C24H23N9O2/c1-12(2)4-19(34)29-15-5-13(7-26-9-15)14-6-16-21(32-33-22(16)28-8-14)23-30-18-11-27-10-17(20(18)31-23)24(35)25-3/h5-12H,4H2,1-3H3,(H,25,35)(H,29,34)(H,30,31)(H,28,32,33). The van der Waals surface area contributed by atoms with E-state index in [4.69, 9.17) is 0 Å². The van der Waals surface area contributed by atoms with Crippen molar-refractivity contribution in [1.82, 2.24) is 40.4 Å². The maximum atomic E-state index is 12.2. The number of hydrogen-bond donors (Lipinski definition) is 4. The van der Waals surface area contributed by atoms with Crippen LogP contribution in [0.25, 0.3) is 44.7 Å². The number of carbonyl (C=O) groups is 2. The van der Waals surface area contributed by atoms with E-state index in [0.29, 0.717) is 45.9 Å². The van der Waals surface area contributed by atoms with Crippen LogP contribution in [0.3, 0.4) is 0 Å². The van der Waals surface area contributed by atoms with Gasteiger partial charge >= 0.3 is 0 Å². The Bertz CT molecular complexity index is 1570. The van der Waals surface area contributed by atoms with Gasteiger partial charge < -0.3 is 15.6 Å². The van der Waals surface area contributed by atoms with Gasteiger partial charge in [0.25, 0.3) is 5.91 Å². The highest BCUT2D eigenvalue weighted by molar-refractivity contribution is 6.05. The third-order valence-electron chi connectivity index (χ3n) is 5.46. The first-order valence-electron chi connectivity index (χ1n) is 11.1. The first kappa shape index (κ1) is 22.1. The molecule has 2 amide bonds. The summed E-state index contributed by atoms with van der Waals surface area (Å²) in [6.07, 6.45) is 8.56. The molecule has 5 heterocycles. The summed E-state index contributed by atoms with van der Waals surface area (Å²) in [6, 6.07) is 3.79. The van der Waals surface area contributed by atoms with E-state index in [0.717, 1.165) is 16.5 Å². The van der Waals surface area contributed by atoms with Gasteiger partial charge in [-0.05, 0) is 18.1 Å². The molecular formula is C24H23N9O2. The van der Waals surface area contributed by atoms with Gasteiger partial charge in [0.2, 0.25) is 5.91 Å². The van der Waals surface area contributed by atoms with E-state index in [2.05, 4.69) is 45.8 Å². The minimum absolute atomic E-state index is 0.0554. The number of rotatable bonds is 6. The summed E-state index contributed by atoms with van der Waals surface area (Å²) in [5, 5.41) is 13.5. The molecule has 176 valence electrons. The average molecular weight is 470 g/mol. The normalized spacial score (nSPS) is 11.3. The summed E-state index contributed by atoms with van der Waals surface area (Å²) in [7, 11) is 1.56. The number of amides is 2. The molecule has 0 aromatic carbocycles. The van der Waals surface area contributed by atoms with E-state index in [1.54, 1.807) is 31.8 Å². The maximum absolute atomic E-state index is 12.2. The van der Waals surface area contributed by atoms with E-state index >= 15 is 0 Å². The number of hydrogen-bond acceptors (Lipinski definition) is 7. The lowest BCUT2D eigenvalue weighted by Crippen LogP contribution is -2.18. The van der Waals surface area contributed by atoms with Crippen LogP contribution in [0.1, 0.15) is 30.6 Å². The van der Waals surface area contributed by atoms with E-state index in [-0.39, 0.29) is 17.7 Å². The van der Waals surface area contributed by atoms with Crippen LogP contribution in [0.5, 0.6) is 0 Å². The number of pyridine rings is 3. The Hall–Kier alpha value is -4.67. The van der Waals surface area contributed by atoms with Crippen LogP contribution < -0.4 is 10.6 Å². The molecule has 0 aliphatic rings. The fraction of sp³-hybridized carbons (Fsp3) is 0.208. The van der Waals surface area contributed by atoms with Crippen molar-refractivity contribution in [3.05, 3.63) is 48.7 Å². The van der Waals surface area contributed by atoms with Crippen molar-refractivity contribution in [2.45, 2.75) is 20.3 Å². The summed E-state index contributed by atoms with van der Waals surface area (Å²) in [4.78, 5) is 45.1. The number of H-pyrrole nitrogens is 2. The van der Waals surface area contributed by atoms with Crippen LogP contribution in [0, 0.1) is 5.92 Å². The van der Waals surface area contributed by atoms with Gasteiger partial charge in [0.15, 0.2) is 11.5 Å². The van der Waals surface area contributed by atoms with Gasteiger partial charge in [-0.15, -0.1) is 0 Å². The second-order valence-corrected chi connectivity index (χ2v) is 8.55. The summed E-state index contributed by atoms with van der Waals surface area (Å²) in [5.41, 5.74) is 4.87. The molecule has 5 aromatic rings. The lowest BCUT2D eigenvalue weighted by atomic mass is 10.1. The van der Waals surface area contributed by atoms with Crippen molar-refractivity contribution in [1.29, 1.82) is 0 Å². The molecule has 0 bridgehead atoms. The Morgan fingerprint density at radius 1 is 1.03 bits per heavy atom. The topological polar surface area (TPSA) is 154 Å². The van der Waals surface area contributed by atoms with Crippen LogP contribution in [0.2, 0.25) is 0 Å². The first-order chi connectivity index (χ1) is 16.9. The molecule has 0 radical (unpaired) electrons. The summed E-state index contributed by atoms with van der Waals surface area (Å²) < 4.78 is 0. The molecule has 0 atom stereocenters. The lowest BCUT2D eigenvalue weighted by Gasteiger charge is -2.08. The van der Waals surface area contributed by atoms with Crippen molar-refractivity contribution in [2.75, 3.05) is 12.4 Å². The Balaban J connectivity index is 1.53. The van der Waals surface area contributed by atoms with Crippen molar-refractivity contribution < 1.29 is 9.59 Å². The molecule has 0 aliphatic heterocycles. The van der Waals surface area contributed by atoms with E-state index in [9.17, 15) is 9.59 Å². The highest BCUT2D eigenvalue weighted by atomic mass is 16.2. The van der Waals surface area contributed by atoms with E-state index < -0.39 is 0 Å². The van der Waals surface area contributed by atoms with Crippen molar-refractivity contribution in [3.8, 4) is 22.6 Å². The highest BCUT2D eigenvalue weighted by Crippen LogP contribution is 2.30. The van der Waals surface area contributed by atoms with Gasteiger partial charge in [0, 0.05) is 43.2 Å². The minimum atomic E-state index is -0.271. The Kier molecular flexibility index (Phi) is 5.65. The molecule has 0 fully saturated rings. The monoisotopic (exact) mass is 469 g/mol. The van der Waals surface area contributed by atoms with Crippen LogP contribution in [0.4, 0.5) is 5.69 Å². The number of imidazole rings is 1. The second kappa shape index (κ2) is 8.93. The number of nitrogens with one attached hydrogen (secondary N) is 4. The van der Waals surface area contributed by atoms with Gasteiger partial charge in [-0.25, -0.2) is 9.97 Å². The van der Waals surface area contributed by atoms with Crippen LogP contribution in [0.15, 0.2) is 43.1 Å². The van der Waals surface area contributed by atoms with Gasteiger partial charge in [0.05, 0.1) is 34.5 Å². The molecule has 11 heteroatoms. The Labute approximate surface area is 199 Å². The predicted molar refractivity (Wildman–Crippen MR) is 131 cm³/mol. The molecule has 0 unspecified atom stereocenters. The summed E-state index contributed by atoms with van der Waals surface area (Å²) in [5.74, 6) is 0.443. The number of fused-ring (bicyclic) bond motifs is 2. The molecular weight excluding hydrogens is 446 g/mol. The van der Waals surface area contributed by atoms with Crippen molar-refractivity contribution in [2.24, 2.45) is 5.92 Å². The molecule has 11 nitrogen and oxygen atoms in total. The third-order valence-corrected chi connectivity index (χ3v) is 5.46. The van der Waals surface area contributed by atoms with Gasteiger partial charge in [-0.3, -0.25) is 24.7 Å². The zero-order valence-corrected chi connectivity index (χ0v) is 19.4. The molecule has 0 spiro atoms. The van der Waals surface area contributed by atoms with E-state index in [1.165, 1.54) is 6.20 Å². The van der Waals surface area contributed by atoms with Crippen LogP contribution in [-0.4, -0.2) is 54.0 Å². The minimum Gasteiger partial charge on any atom is -0.355 e. The molecule has 0 aliphatic carbocycles. The van der Waals surface area contributed by atoms with Crippen molar-refractivity contribution >= 4 is 39.6 Å². The van der Waals surface area contributed by atoms with Gasteiger partial charge in [-0.1, -0.05) is 13.8 Å². The average Bonchev–Trinajstić information content (AvgIpc) is 3.46. The molecule has 0 saturated heterocycles. The fourth-order valence-corrected chi connectivity index (χ4v) is 3.84. The second-order valence-electron chi connectivity index (χ2n) is 8.55. The summed E-state index contributed by atoms with van der Waals surface area (Å²) >= 11 is 0.